The predicted octanol–water partition coefficient (Wildman–Crippen LogP) is 5.93. The molecule has 0 saturated carbocycles. The molecule has 0 bridgehead atoms. The Kier molecular flexibility index (Phi) is 4.62. The Balaban J connectivity index is 1.71. The molecule has 0 aromatic heterocycles. The normalized spacial score (nSPS) is 11.7. The van der Waals surface area contributed by atoms with Gasteiger partial charge in [-0.15, -0.1) is 0 Å². The number of rotatable bonds is 5. The van der Waals surface area contributed by atoms with E-state index in [2.05, 4.69) is 19.1 Å². The third-order valence-electron chi connectivity index (χ3n) is 3.64. The fraction of sp³-hybridized carbons (Fsp3) is 0.143. The van der Waals surface area contributed by atoms with Crippen molar-refractivity contribution in [2.45, 2.75) is 20.0 Å². The highest BCUT2D eigenvalue weighted by Crippen LogP contribution is 2.28. The Morgan fingerprint density at radius 1 is 0.696 bits per heavy atom. The van der Waals surface area contributed by atoms with Gasteiger partial charge in [0.05, 0.1) is 0 Å². The molecule has 0 amide bonds. The lowest BCUT2D eigenvalue weighted by Gasteiger charge is -2.16. The van der Waals surface area contributed by atoms with Crippen molar-refractivity contribution in [3.8, 4) is 17.2 Å². The number of benzene rings is 3. The summed E-state index contributed by atoms with van der Waals surface area (Å²) in [5.41, 5.74) is 2.36. The number of ether oxygens (including phenoxy) is 2. The molecule has 0 aliphatic rings. The van der Waals surface area contributed by atoms with Crippen molar-refractivity contribution in [2.75, 3.05) is 0 Å². The van der Waals surface area contributed by atoms with Crippen molar-refractivity contribution in [3.63, 3.8) is 0 Å². The van der Waals surface area contributed by atoms with Gasteiger partial charge in [-0.3, -0.25) is 0 Å². The second kappa shape index (κ2) is 7.01. The summed E-state index contributed by atoms with van der Waals surface area (Å²) in [5, 5.41) is 0. The lowest BCUT2D eigenvalue weighted by molar-refractivity contribution is 0.226. The minimum Gasteiger partial charge on any atom is -0.486 e. The Morgan fingerprint density at radius 3 is 2.13 bits per heavy atom. The average Bonchev–Trinajstić information content (AvgIpc) is 2.58. The zero-order valence-electron chi connectivity index (χ0n) is 13.4. The fourth-order valence-corrected chi connectivity index (χ4v) is 2.35. The van der Waals surface area contributed by atoms with Crippen LogP contribution in [0.4, 0.5) is 0 Å². The smallest absolute Gasteiger partial charge is 0.131 e. The summed E-state index contributed by atoms with van der Waals surface area (Å²) in [4.78, 5) is 0. The van der Waals surface area contributed by atoms with Gasteiger partial charge in [-0.25, -0.2) is 0 Å². The van der Waals surface area contributed by atoms with E-state index in [0.29, 0.717) is 0 Å². The van der Waals surface area contributed by atoms with Gasteiger partial charge in [-0.1, -0.05) is 54.1 Å². The summed E-state index contributed by atoms with van der Waals surface area (Å²) in [5.74, 6) is 2.39. The third-order valence-corrected chi connectivity index (χ3v) is 3.64. The van der Waals surface area contributed by atoms with Gasteiger partial charge in [0.25, 0.3) is 0 Å². The molecule has 0 heterocycles. The minimum absolute atomic E-state index is 0.00850. The number of aryl methyl sites for hydroxylation is 1. The van der Waals surface area contributed by atoms with Crippen LogP contribution in [0.3, 0.4) is 0 Å². The molecule has 1 atom stereocenters. The van der Waals surface area contributed by atoms with Crippen molar-refractivity contribution in [3.05, 3.63) is 90.0 Å². The first kappa shape index (κ1) is 15.2. The highest BCUT2D eigenvalue weighted by molar-refractivity contribution is 5.37. The molecule has 3 aromatic carbocycles. The highest BCUT2D eigenvalue weighted by atomic mass is 16.5. The minimum atomic E-state index is -0.00850. The van der Waals surface area contributed by atoms with Gasteiger partial charge in [0.2, 0.25) is 0 Å². The molecule has 0 aliphatic heterocycles. The second-order valence-electron chi connectivity index (χ2n) is 5.56. The van der Waals surface area contributed by atoms with Crippen molar-refractivity contribution in [1.82, 2.24) is 0 Å². The van der Waals surface area contributed by atoms with Crippen LogP contribution in [0.1, 0.15) is 24.2 Å². The summed E-state index contributed by atoms with van der Waals surface area (Å²) in [6, 6.07) is 25.9. The molecule has 0 N–H and O–H groups in total. The highest BCUT2D eigenvalue weighted by Gasteiger charge is 2.07. The first-order chi connectivity index (χ1) is 11.2. The Hall–Kier alpha value is -2.74. The second-order valence-corrected chi connectivity index (χ2v) is 5.56. The molecular formula is C21H20O2. The van der Waals surface area contributed by atoms with Crippen LogP contribution in [-0.2, 0) is 0 Å². The zero-order chi connectivity index (χ0) is 16.1. The van der Waals surface area contributed by atoms with E-state index in [4.69, 9.17) is 9.47 Å². The van der Waals surface area contributed by atoms with E-state index in [1.807, 2.05) is 73.7 Å². The van der Waals surface area contributed by atoms with Gasteiger partial charge < -0.3 is 9.47 Å². The summed E-state index contributed by atoms with van der Waals surface area (Å²) in [6.07, 6.45) is -0.00850. The van der Waals surface area contributed by atoms with Crippen LogP contribution in [0.5, 0.6) is 17.2 Å². The molecule has 3 rings (SSSR count). The topological polar surface area (TPSA) is 18.5 Å². The molecule has 0 saturated heterocycles. The third kappa shape index (κ3) is 4.13. The van der Waals surface area contributed by atoms with Crippen LogP contribution in [0.15, 0.2) is 78.9 Å². The first-order valence-corrected chi connectivity index (χ1v) is 7.77. The van der Waals surface area contributed by atoms with Crippen LogP contribution in [0.25, 0.3) is 0 Å². The maximum atomic E-state index is 6.02. The summed E-state index contributed by atoms with van der Waals surface area (Å²) in [7, 11) is 0. The zero-order valence-corrected chi connectivity index (χ0v) is 13.4. The summed E-state index contributed by atoms with van der Waals surface area (Å²) >= 11 is 0. The van der Waals surface area contributed by atoms with Crippen LogP contribution in [0, 0.1) is 6.92 Å². The number of hydrogen-bond acceptors (Lipinski definition) is 2. The van der Waals surface area contributed by atoms with Crippen molar-refractivity contribution >= 4 is 0 Å². The average molecular weight is 304 g/mol. The SMILES string of the molecule is Cc1ccc(Oc2cccc(O[C@H](C)c3ccccc3)c2)cc1. The molecule has 0 radical (unpaired) electrons. The van der Waals surface area contributed by atoms with Crippen LogP contribution in [-0.4, -0.2) is 0 Å². The Bertz CT molecular complexity index is 748. The van der Waals surface area contributed by atoms with Gasteiger partial charge in [0.1, 0.15) is 23.4 Å². The lowest BCUT2D eigenvalue weighted by Crippen LogP contribution is -2.02. The lowest BCUT2D eigenvalue weighted by atomic mass is 10.1. The van der Waals surface area contributed by atoms with E-state index in [1.165, 1.54) is 5.56 Å². The molecule has 0 aliphatic carbocycles. The Labute approximate surface area is 137 Å². The van der Waals surface area contributed by atoms with Gasteiger partial charge in [-0.2, -0.15) is 0 Å². The molecule has 0 unspecified atom stereocenters. The van der Waals surface area contributed by atoms with Gasteiger partial charge in [-0.05, 0) is 43.7 Å². The standard InChI is InChI=1S/C21H20O2/c1-16-11-13-19(14-12-16)23-21-10-6-9-20(15-21)22-17(2)18-7-4-3-5-8-18/h3-15,17H,1-2H3/t17-/m1/s1. The van der Waals surface area contributed by atoms with Gasteiger partial charge in [0, 0.05) is 6.07 Å². The molecule has 2 nitrogen and oxygen atoms in total. The number of hydrogen-bond donors (Lipinski definition) is 0. The Morgan fingerprint density at radius 2 is 1.39 bits per heavy atom. The van der Waals surface area contributed by atoms with Crippen molar-refractivity contribution in [1.29, 1.82) is 0 Å². The van der Waals surface area contributed by atoms with Crippen molar-refractivity contribution < 1.29 is 9.47 Å². The van der Waals surface area contributed by atoms with Gasteiger partial charge >= 0.3 is 0 Å². The quantitative estimate of drug-likeness (QED) is 0.582. The van der Waals surface area contributed by atoms with E-state index < -0.39 is 0 Å². The largest absolute Gasteiger partial charge is 0.486 e. The maximum absolute atomic E-state index is 6.02. The molecule has 3 aromatic rings. The summed E-state index contributed by atoms with van der Waals surface area (Å²) < 4.78 is 11.9. The monoisotopic (exact) mass is 304 g/mol. The van der Waals surface area contributed by atoms with Crippen LogP contribution in [0.2, 0.25) is 0 Å². The molecule has 116 valence electrons. The molecular weight excluding hydrogens is 284 g/mol. The van der Waals surface area contributed by atoms with E-state index in [1.54, 1.807) is 0 Å². The van der Waals surface area contributed by atoms with Crippen molar-refractivity contribution in [2.24, 2.45) is 0 Å². The van der Waals surface area contributed by atoms with Gasteiger partial charge in [0.15, 0.2) is 0 Å². The van der Waals surface area contributed by atoms with Crippen LogP contribution < -0.4 is 9.47 Å². The molecule has 23 heavy (non-hydrogen) atoms. The maximum Gasteiger partial charge on any atom is 0.131 e. The van der Waals surface area contributed by atoms with Crippen LogP contribution >= 0.6 is 0 Å². The van der Waals surface area contributed by atoms with E-state index >= 15 is 0 Å². The molecule has 2 heteroatoms. The fourth-order valence-electron chi connectivity index (χ4n) is 2.35. The molecule has 0 spiro atoms. The van der Waals surface area contributed by atoms with E-state index in [9.17, 15) is 0 Å². The van der Waals surface area contributed by atoms with E-state index in [0.717, 1.165) is 22.8 Å². The van der Waals surface area contributed by atoms with E-state index in [-0.39, 0.29) is 6.10 Å². The first-order valence-electron chi connectivity index (χ1n) is 7.77. The molecule has 0 fully saturated rings. The summed E-state index contributed by atoms with van der Waals surface area (Å²) in [6.45, 7) is 4.10. The predicted molar refractivity (Wildman–Crippen MR) is 93.2 cm³/mol.